The van der Waals surface area contributed by atoms with E-state index in [1.807, 2.05) is 41.9 Å². The highest BCUT2D eigenvalue weighted by molar-refractivity contribution is 5.64. The fraction of sp³-hybridized carbons (Fsp3) is 0.167. The number of nitro groups is 1. The molecule has 0 bridgehead atoms. The van der Waals surface area contributed by atoms with Crippen molar-refractivity contribution in [2.75, 3.05) is 12.4 Å². The molecule has 3 aromatic rings. The third-order valence-corrected chi connectivity index (χ3v) is 3.97. The van der Waals surface area contributed by atoms with Crippen molar-refractivity contribution in [2.45, 2.75) is 6.54 Å². The van der Waals surface area contributed by atoms with E-state index < -0.39 is 4.92 Å². The van der Waals surface area contributed by atoms with Gasteiger partial charge in [-0.2, -0.15) is 0 Å². The average Bonchev–Trinajstić information content (AvgIpc) is 3.01. The van der Waals surface area contributed by atoms with Crippen molar-refractivity contribution in [3.63, 3.8) is 0 Å². The molecular weight excluding hydrogens is 320 g/mol. The monoisotopic (exact) mass is 338 g/mol. The molecule has 1 N–H and O–H groups in total. The molecule has 1 heterocycles. The van der Waals surface area contributed by atoms with Crippen LogP contribution in [-0.4, -0.2) is 21.6 Å². The summed E-state index contributed by atoms with van der Waals surface area (Å²) in [6, 6.07) is 14.3. The van der Waals surface area contributed by atoms with E-state index in [1.165, 1.54) is 6.07 Å². The molecule has 3 rings (SSSR count). The Morgan fingerprint density at radius 3 is 2.80 bits per heavy atom. The lowest BCUT2D eigenvalue weighted by atomic mass is 10.1. The average molecular weight is 338 g/mol. The van der Waals surface area contributed by atoms with E-state index >= 15 is 0 Å². The molecule has 7 nitrogen and oxygen atoms in total. The summed E-state index contributed by atoms with van der Waals surface area (Å²) in [5, 5.41) is 14.2. The highest BCUT2D eigenvalue weighted by Crippen LogP contribution is 2.26. The highest BCUT2D eigenvalue weighted by atomic mass is 16.6. The van der Waals surface area contributed by atoms with Gasteiger partial charge in [-0.25, -0.2) is 4.98 Å². The summed E-state index contributed by atoms with van der Waals surface area (Å²) >= 11 is 0. The summed E-state index contributed by atoms with van der Waals surface area (Å²) in [4.78, 5) is 14.9. The van der Waals surface area contributed by atoms with Crippen molar-refractivity contribution in [2.24, 2.45) is 7.05 Å². The van der Waals surface area contributed by atoms with E-state index in [4.69, 9.17) is 4.74 Å². The lowest BCUT2D eigenvalue weighted by Gasteiger charge is -2.11. The van der Waals surface area contributed by atoms with Crippen LogP contribution in [-0.2, 0) is 13.6 Å². The quantitative estimate of drug-likeness (QED) is 0.548. The minimum atomic E-state index is -0.402. The van der Waals surface area contributed by atoms with Gasteiger partial charge in [0.05, 0.1) is 23.9 Å². The van der Waals surface area contributed by atoms with Gasteiger partial charge in [0, 0.05) is 36.9 Å². The molecule has 0 aliphatic rings. The van der Waals surface area contributed by atoms with Gasteiger partial charge in [-0.3, -0.25) is 10.1 Å². The molecule has 0 spiro atoms. The van der Waals surface area contributed by atoms with Gasteiger partial charge in [-0.1, -0.05) is 30.3 Å². The van der Waals surface area contributed by atoms with Gasteiger partial charge in [-0.15, -0.1) is 0 Å². The van der Waals surface area contributed by atoms with Crippen molar-refractivity contribution in [3.8, 4) is 17.0 Å². The highest BCUT2D eigenvalue weighted by Gasteiger charge is 2.12. The van der Waals surface area contributed by atoms with Gasteiger partial charge in [0.25, 0.3) is 5.69 Å². The summed E-state index contributed by atoms with van der Waals surface area (Å²) in [6.45, 7) is 0.559. The zero-order valence-electron chi connectivity index (χ0n) is 14.0. The Morgan fingerprint density at radius 2 is 2.04 bits per heavy atom. The number of methoxy groups -OCH3 is 1. The van der Waals surface area contributed by atoms with Gasteiger partial charge in [-0.05, 0) is 6.07 Å². The minimum absolute atomic E-state index is 0.0576. The smallest absolute Gasteiger partial charge is 0.270 e. The topological polar surface area (TPSA) is 82.2 Å². The second-order valence-electron chi connectivity index (χ2n) is 5.50. The Morgan fingerprint density at radius 1 is 1.24 bits per heavy atom. The van der Waals surface area contributed by atoms with E-state index in [0.717, 1.165) is 22.6 Å². The predicted octanol–water partition coefficient (Wildman–Crippen LogP) is 3.62. The SMILES string of the molecule is COc1ccccc1CNc1ncc(-c2cccc([N+](=O)[O-])c2)n1C. The number of rotatable bonds is 6. The van der Waals surface area contributed by atoms with Crippen LogP contribution in [0, 0.1) is 10.1 Å². The first-order valence-corrected chi connectivity index (χ1v) is 7.72. The summed E-state index contributed by atoms with van der Waals surface area (Å²) in [6.07, 6.45) is 1.70. The number of nitrogens with zero attached hydrogens (tertiary/aromatic N) is 3. The Labute approximate surface area is 145 Å². The lowest BCUT2D eigenvalue weighted by molar-refractivity contribution is -0.384. The number of para-hydroxylation sites is 1. The van der Waals surface area contributed by atoms with E-state index in [0.29, 0.717) is 12.5 Å². The van der Waals surface area contributed by atoms with Crippen molar-refractivity contribution in [3.05, 3.63) is 70.4 Å². The molecule has 7 heteroatoms. The van der Waals surface area contributed by atoms with Crippen LogP contribution in [0.2, 0.25) is 0 Å². The number of benzene rings is 2. The molecule has 1 aromatic heterocycles. The van der Waals surface area contributed by atoms with Crippen LogP contribution in [0.1, 0.15) is 5.56 Å². The van der Waals surface area contributed by atoms with Crippen LogP contribution in [0.4, 0.5) is 11.6 Å². The van der Waals surface area contributed by atoms with Crippen molar-refractivity contribution >= 4 is 11.6 Å². The molecule has 0 radical (unpaired) electrons. The first kappa shape index (κ1) is 16.5. The number of hydrogen-bond donors (Lipinski definition) is 1. The molecule has 0 saturated heterocycles. The molecule has 0 aliphatic heterocycles. The van der Waals surface area contributed by atoms with Crippen LogP contribution >= 0.6 is 0 Å². The van der Waals surface area contributed by atoms with E-state index in [2.05, 4.69) is 10.3 Å². The first-order valence-electron chi connectivity index (χ1n) is 7.72. The molecule has 128 valence electrons. The predicted molar refractivity (Wildman–Crippen MR) is 95.6 cm³/mol. The number of non-ortho nitro benzene ring substituents is 1. The maximum Gasteiger partial charge on any atom is 0.270 e. The maximum absolute atomic E-state index is 11.0. The molecule has 2 aromatic carbocycles. The van der Waals surface area contributed by atoms with Crippen LogP contribution in [0.25, 0.3) is 11.3 Å². The lowest BCUT2D eigenvalue weighted by Crippen LogP contribution is -2.06. The molecule has 0 atom stereocenters. The zero-order valence-corrected chi connectivity index (χ0v) is 14.0. The zero-order chi connectivity index (χ0) is 17.8. The second kappa shape index (κ2) is 7.04. The van der Waals surface area contributed by atoms with Gasteiger partial charge >= 0.3 is 0 Å². The minimum Gasteiger partial charge on any atom is -0.496 e. The van der Waals surface area contributed by atoms with Crippen LogP contribution in [0.15, 0.2) is 54.7 Å². The Hall–Kier alpha value is -3.35. The van der Waals surface area contributed by atoms with Crippen LogP contribution in [0.3, 0.4) is 0 Å². The molecule has 0 unspecified atom stereocenters. The molecule has 0 amide bonds. The summed E-state index contributed by atoms with van der Waals surface area (Å²) in [7, 11) is 3.51. The number of anilines is 1. The summed E-state index contributed by atoms with van der Waals surface area (Å²) in [5.41, 5.74) is 2.62. The number of nitrogens with one attached hydrogen (secondary N) is 1. The van der Waals surface area contributed by atoms with Gasteiger partial charge in [0.1, 0.15) is 5.75 Å². The Kier molecular flexibility index (Phi) is 4.65. The molecular formula is C18H18N4O3. The number of hydrogen-bond acceptors (Lipinski definition) is 5. The van der Waals surface area contributed by atoms with E-state index in [1.54, 1.807) is 25.4 Å². The van der Waals surface area contributed by atoms with E-state index in [-0.39, 0.29) is 5.69 Å². The first-order chi connectivity index (χ1) is 12.1. The van der Waals surface area contributed by atoms with Crippen LogP contribution < -0.4 is 10.1 Å². The Bertz CT molecular complexity index is 905. The molecule has 0 fully saturated rings. The van der Waals surface area contributed by atoms with Crippen molar-refractivity contribution in [1.82, 2.24) is 9.55 Å². The van der Waals surface area contributed by atoms with Crippen LogP contribution in [0.5, 0.6) is 5.75 Å². The normalized spacial score (nSPS) is 10.5. The summed E-state index contributed by atoms with van der Waals surface area (Å²) in [5.74, 6) is 1.48. The maximum atomic E-state index is 11.0. The van der Waals surface area contributed by atoms with Crippen molar-refractivity contribution < 1.29 is 9.66 Å². The fourth-order valence-electron chi connectivity index (χ4n) is 2.64. The molecule has 25 heavy (non-hydrogen) atoms. The standard InChI is InChI=1S/C18H18N4O3/c1-21-16(13-7-5-8-15(10-13)22(23)24)12-20-18(21)19-11-14-6-3-4-9-17(14)25-2/h3-10,12H,11H2,1-2H3,(H,19,20). The third kappa shape index (κ3) is 3.45. The number of aromatic nitrogens is 2. The van der Waals surface area contributed by atoms with E-state index in [9.17, 15) is 10.1 Å². The Balaban J connectivity index is 1.82. The second-order valence-corrected chi connectivity index (χ2v) is 5.50. The third-order valence-electron chi connectivity index (χ3n) is 3.97. The molecule has 0 aliphatic carbocycles. The number of ether oxygens (including phenoxy) is 1. The fourth-order valence-corrected chi connectivity index (χ4v) is 2.64. The number of imidazole rings is 1. The number of nitro benzene ring substituents is 1. The summed E-state index contributed by atoms with van der Waals surface area (Å²) < 4.78 is 7.21. The van der Waals surface area contributed by atoms with Gasteiger partial charge < -0.3 is 14.6 Å². The van der Waals surface area contributed by atoms with Gasteiger partial charge in [0.15, 0.2) is 0 Å². The largest absolute Gasteiger partial charge is 0.496 e. The molecule has 0 saturated carbocycles. The van der Waals surface area contributed by atoms with Crippen molar-refractivity contribution in [1.29, 1.82) is 0 Å². The van der Waals surface area contributed by atoms with Gasteiger partial charge in [0.2, 0.25) is 5.95 Å².